The minimum absolute atomic E-state index is 0.0240. The van der Waals surface area contributed by atoms with Crippen LogP contribution in [0.3, 0.4) is 0 Å². The molecule has 9 heteroatoms. The summed E-state index contributed by atoms with van der Waals surface area (Å²) in [6.07, 6.45) is 4.14. The molecule has 0 spiro atoms. The molecule has 166 valence electrons. The predicted molar refractivity (Wildman–Crippen MR) is 117 cm³/mol. The summed E-state index contributed by atoms with van der Waals surface area (Å²) < 4.78 is 0. The zero-order valence-corrected chi connectivity index (χ0v) is 18.6. The Kier molecular flexibility index (Phi) is 9.05. The first-order valence-electron chi connectivity index (χ1n) is 10.5. The number of nitrogens with zero attached hydrogens (tertiary/aromatic N) is 2. The number of rotatable bonds is 9. The Morgan fingerprint density at radius 3 is 2.50 bits per heavy atom. The van der Waals surface area contributed by atoms with Gasteiger partial charge >= 0.3 is 0 Å². The zero-order valence-electron chi connectivity index (χ0n) is 17.8. The van der Waals surface area contributed by atoms with Gasteiger partial charge in [-0.25, -0.2) is 0 Å². The van der Waals surface area contributed by atoms with E-state index in [1.165, 1.54) is 25.0 Å². The van der Waals surface area contributed by atoms with E-state index in [1.807, 2.05) is 13.8 Å². The lowest BCUT2D eigenvalue weighted by Crippen LogP contribution is -2.54. The van der Waals surface area contributed by atoms with Gasteiger partial charge in [0.1, 0.15) is 6.04 Å². The van der Waals surface area contributed by atoms with Crippen LogP contribution in [0, 0.1) is 16.0 Å². The Morgan fingerprint density at radius 1 is 1.30 bits per heavy atom. The molecule has 1 heterocycles. The highest BCUT2D eigenvalue weighted by molar-refractivity contribution is 6.34. The molecule has 1 unspecified atom stereocenters. The van der Waals surface area contributed by atoms with Crippen LogP contribution in [0.1, 0.15) is 56.8 Å². The number of nitro benzene ring substituents is 1. The van der Waals surface area contributed by atoms with E-state index in [0.717, 1.165) is 38.5 Å². The van der Waals surface area contributed by atoms with Crippen LogP contribution < -0.4 is 10.6 Å². The SMILES string of the molecule is CCCCN1CCC(NC(=O)C(NC(=O)c2ccc([N+](=O)[O-])cc2Cl)C(C)C)CC1. The van der Waals surface area contributed by atoms with E-state index in [2.05, 4.69) is 22.5 Å². The molecule has 0 aromatic heterocycles. The molecule has 0 bridgehead atoms. The standard InChI is InChI=1S/C21H31ClN4O4/c1-4-5-10-25-11-8-15(9-12-25)23-21(28)19(14(2)3)24-20(27)17-7-6-16(26(29)30)13-18(17)22/h6-7,13-15,19H,4-5,8-12H2,1-3H3,(H,23,28)(H,24,27). The van der Waals surface area contributed by atoms with Gasteiger partial charge in [-0.1, -0.05) is 38.8 Å². The van der Waals surface area contributed by atoms with Crippen LogP contribution in [0.25, 0.3) is 0 Å². The van der Waals surface area contributed by atoms with Gasteiger partial charge in [0.2, 0.25) is 5.91 Å². The number of benzene rings is 1. The minimum Gasteiger partial charge on any atom is -0.351 e. The maximum atomic E-state index is 12.8. The van der Waals surface area contributed by atoms with Crippen molar-refractivity contribution >= 4 is 29.1 Å². The maximum absolute atomic E-state index is 12.8. The summed E-state index contributed by atoms with van der Waals surface area (Å²) in [6, 6.07) is 3.03. The van der Waals surface area contributed by atoms with Crippen molar-refractivity contribution < 1.29 is 14.5 Å². The van der Waals surface area contributed by atoms with Crippen LogP contribution in [0.2, 0.25) is 5.02 Å². The molecule has 2 amide bonds. The van der Waals surface area contributed by atoms with E-state index >= 15 is 0 Å². The van der Waals surface area contributed by atoms with Crippen molar-refractivity contribution in [2.45, 2.75) is 58.5 Å². The quantitative estimate of drug-likeness (QED) is 0.454. The molecule has 1 aromatic rings. The van der Waals surface area contributed by atoms with E-state index in [9.17, 15) is 19.7 Å². The molecule has 0 radical (unpaired) electrons. The first kappa shape index (κ1) is 24.1. The van der Waals surface area contributed by atoms with E-state index in [0.29, 0.717) is 0 Å². The molecule has 8 nitrogen and oxygen atoms in total. The molecule has 2 rings (SSSR count). The summed E-state index contributed by atoms with van der Waals surface area (Å²) in [5.74, 6) is -0.878. The van der Waals surface area contributed by atoms with Crippen LogP contribution in [0.15, 0.2) is 18.2 Å². The molecule has 1 aliphatic rings. The third kappa shape index (κ3) is 6.67. The molecule has 1 saturated heterocycles. The highest BCUT2D eigenvalue weighted by Crippen LogP contribution is 2.23. The van der Waals surface area contributed by atoms with E-state index in [1.54, 1.807) is 0 Å². The van der Waals surface area contributed by atoms with Gasteiger partial charge in [-0.15, -0.1) is 0 Å². The Bertz CT molecular complexity index is 763. The van der Waals surface area contributed by atoms with E-state index in [4.69, 9.17) is 11.6 Å². The molecule has 1 aliphatic heterocycles. The lowest BCUT2D eigenvalue weighted by Gasteiger charge is -2.33. The summed E-state index contributed by atoms with van der Waals surface area (Å²) in [5, 5.41) is 16.6. The third-order valence-corrected chi connectivity index (χ3v) is 5.72. The monoisotopic (exact) mass is 438 g/mol. The summed E-state index contributed by atoms with van der Waals surface area (Å²) >= 11 is 6.05. The van der Waals surface area contributed by atoms with Crippen molar-refractivity contribution in [3.63, 3.8) is 0 Å². The van der Waals surface area contributed by atoms with Gasteiger partial charge in [0, 0.05) is 31.3 Å². The second-order valence-corrected chi connectivity index (χ2v) is 8.50. The van der Waals surface area contributed by atoms with Gasteiger partial charge in [-0.2, -0.15) is 0 Å². The number of amides is 2. The van der Waals surface area contributed by atoms with Crippen molar-refractivity contribution in [1.82, 2.24) is 15.5 Å². The van der Waals surface area contributed by atoms with Crippen molar-refractivity contribution in [1.29, 1.82) is 0 Å². The Balaban J connectivity index is 1.96. The lowest BCUT2D eigenvalue weighted by molar-refractivity contribution is -0.384. The van der Waals surface area contributed by atoms with Crippen LogP contribution in [-0.2, 0) is 4.79 Å². The fourth-order valence-electron chi connectivity index (χ4n) is 3.53. The van der Waals surface area contributed by atoms with Gasteiger partial charge in [-0.3, -0.25) is 19.7 Å². The average molecular weight is 439 g/mol. The molecule has 1 aromatic carbocycles. The summed E-state index contributed by atoms with van der Waals surface area (Å²) in [5.41, 5.74) is -0.0927. The fraction of sp³-hybridized carbons (Fsp3) is 0.619. The first-order chi connectivity index (χ1) is 14.2. The summed E-state index contributed by atoms with van der Waals surface area (Å²) in [6.45, 7) is 8.91. The molecule has 0 saturated carbocycles. The van der Waals surface area contributed by atoms with Crippen molar-refractivity contribution in [2.24, 2.45) is 5.92 Å². The molecule has 30 heavy (non-hydrogen) atoms. The number of halogens is 1. The molecule has 1 atom stereocenters. The number of nitro groups is 1. The number of piperidine rings is 1. The number of non-ortho nitro benzene ring substituents is 1. The minimum atomic E-state index is -0.720. The van der Waals surface area contributed by atoms with Gasteiger partial charge < -0.3 is 15.5 Å². The Labute approximate surface area is 182 Å². The van der Waals surface area contributed by atoms with Crippen LogP contribution in [0.4, 0.5) is 5.69 Å². The normalized spacial score (nSPS) is 16.3. The lowest BCUT2D eigenvalue weighted by atomic mass is 10.00. The Hall–Kier alpha value is -2.19. The number of hydrogen-bond donors (Lipinski definition) is 2. The molecular weight excluding hydrogens is 408 g/mol. The van der Waals surface area contributed by atoms with Gasteiger partial charge in [-0.05, 0) is 37.8 Å². The largest absolute Gasteiger partial charge is 0.351 e. The molecular formula is C21H31ClN4O4. The van der Waals surface area contributed by atoms with Crippen LogP contribution >= 0.6 is 11.6 Å². The number of unbranched alkanes of at least 4 members (excludes halogenated alkanes) is 1. The third-order valence-electron chi connectivity index (χ3n) is 5.41. The molecule has 2 N–H and O–H groups in total. The summed E-state index contributed by atoms with van der Waals surface area (Å²) in [4.78, 5) is 38.2. The highest BCUT2D eigenvalue weighted by Gasteiger charge is 2.29. The predicted octanol–water partition coefficient (Wildman–Crippen LogP) is 3.38. The second-order valence-electron chi connectivity index (χ2n) is 8.09. The number of nitrogens with one attached hydrogen (secondary N) is 2. The fourth-order valence-corrected chi connectivity index (χ4v) is 3.79. The number of likely N-dealkylation sites (tertiary alicyclic amines) is 1. The van der Waals surface area contributed by atoms with Crippen molar-refractivity contribution in [2.75, 3.05) is 19.6 Å². The van der Waals surface area contributed by atoms with Gasteiger partial charge in [0.05, 0.1) is 15.5 Å². The van der Waals surface area contributed by atoms with Crippen LogP contribution in [0.5, 0.6) is 0 Å². The average Bonchev–Trinajstić information content (AvgIpc) is 2.70. The number of carbonyl (C=O) groups is 2. The first-order valence-corrected chi connectivity index (χ1v) is 10.9. The number of hydrogen-bond acceptors (Lipinski definition) is 5. The Morgan fingerprint density at radius 2 is 1.97 bits per heavy atom. The van der Waals surface area contributed by atoms with Crippen molar-refractivity contribution in [3.05, 3.63) is 38.9 Å². The van der Waals surface area contributed by atoms with E-state index < -0.39 is 16.9 Å². The zero-order chi connectivity index (χ0) is 22.3. The van der Waals surface area contributed by atoms with Crippen molar-refractivity contribution in [3.8, 4) is 0 Å². The van der Waals surface area contributed by atoms with E-state index in [-0.39, 0.29) is 34.1 Å². The van der Waals surface area contributed by atoms with Gasteiger partial charge in [0.15, 0.2) is 0 Å². The number of carbonyl (C=O) groups excluding carboxylic acids is 2. The maximum Gasteiger partial charge on any atom is 0.270 e. The topological polar surface area (TPSA) is 105 Å². The second kappa shape index (κ2) is 11.3. The highest BCUT2D eigenvalue weighted by atomic mass is 35.5. The van der Waals surface area contributed by atoms with Gasteiger partial charge in [0.25, 0.3) is 11.6 Å². The molecule has 1 fully saturated rings. The smallest absolute Gasteiger partial charge is 0.270 e. The summed E-state index contributed by atoms with van der Waals surface area (Å²) in [7, 11) is 0. The molecule has 0 aliphatic carbocycles. The van der Waals surface area contributed by atoms with Crippen LogP contribution in [-0.4, -0.2) is 53.4 Å².